The number of nitrogens with zero attached hydrogens (tertiary/aromatic N) is 1. The van der Waals surface area contributed by atoms with Gasteiger partial charge in [0.1, 0.15) is 5.76 Å². The lowest BCUT2D eigenvalue weighted by atomic mass is 10.1. The van der Waals surface area contributed by atoms with Crippen LogP contribution in [0, 0.1) is 6.92 Å². The number of hydrogen-bond donors (Lipinski definition) is 2. The van der Waals surface area contributed by atoms with Gasteiger partial charge in [0.25, 0.3) is 16.1 Å². The normalized spacial score (nSPS) is 14.0. The second kappa shape index (κ2) is 5.15. The van der Waals surface area contributed by atoms with E-state index >= 15 is 0 Å². The third-order valence-electron chi connectivity index (χ3n) is 3.47. The topological polar surface area (TPSA) is 106 Å². The predicted octanol–water partition coefficient (Wildman–Crippen LogP) is 1.41. The molecule has 1 aromatic carbocycles. The first-order valence-corrected chi connectivity index (χ1v) is 8.16. The van der Waals surface area contributed by atoms with Gasteiger partial charge in [0.05, 0.1) is 5.69 Å². The molecule has 1 aliphatic rings. The minimum Gasteiger partial charge on any atom is -0.456 e. The Kier molecular flexibility index (Phi) is 3.42. The van der Waals surface area contributed by atoms with Crippen LogP contribution in [0.15, 0.2) is 34.7 Å². The quantitative estimate of drug-likeness (QED) is 0.891. The van der Waals surface area contributed by atoms with E-state index in [4.69, 9.17) is 9.56 Å². The van der Waals surface area contributed by atoms with Crippen LogP contribution in [-0.2, 0) is 16.6 Å². The van der Waals surface area contributed by atoms with Crippen molar-refractivity contribution in [3.63, 3.8) is 0 Å². The van der Waals surface area contributed by atoms with Gasteiger partial charge in [-0.3, -0.25) is 9.10 Å². The van der Waals surface area contributed by atoms with Crippen LogP contribution in [0.25, 0.3) is 0 Å². The number of benzene rings is 1. The van der Waals surface area contributed by atoms with Crippen molar-refractivity contribution in [3.8, 4) is 0 Å². The van der Waals surface area contributed by atoms with Crippen molar-refractivity contribution in [2.75, 3.05) is 16.2 Å². The number of nitrogens with one attached hydrogen (secondary N) is 1. The number of carbonyl (C=O) groups is 1. The highest BCUT2D eigenvalue weighted by atomic mass is 32.2. The first-order chi connectivity index (χ1) is 10.3. The number of carbonyl (C=O) groups excluding carboxylic acids is 1. The fourth-order valence-corrected chi connectivity index (χ4v) is 3.23. The number of aryl methyl sites for hydroxylation is 1. The molecule has 0 spiro atoms. The van der Waals surface area contributed by atoms with Gasteiger partial charge in [-0.2, -0.15) is 8.42 Å². The Bertz CT molecular complexity index is 842. The molecule has 0 bridgehead atoms. The van der Waals surface area contributed by atoms with Crippen LogP contribution in [0.2, 0.25) is 0 Å². The van der Waals surface area contributed by atoms with Crippen LogP contribution < -0.4 is 14.8 Å². The summed E-state index contributed by atoms with van der Waals surface area (Å²) in [5.74, 6) is 0.439. The van der Waals surface area contributed by atoms with Gasteiger partial charge in [0.15, 0.2) is 5.76 Å². The van der Waals surface area contributed by atoms with Crippen molar-refractivity contribution in [2.45, 2.75) is 13.3 Å². The van der Waals surface area contributed by atoms with E-state index in [9.17, 15) is 13.2 Å². The van der Waals surface area contributed by atoms with Gasteiger partial charge in [0, 0.05) is 12.2 Å². The SMILES string of the molecule is Cc1ccc(C(=O)Nc2ccc3c(c2)N(S(N)(=O)=O)CC3)o1. The van der Waals surface area contributed by atoms with Crippen LogP contribution in [0.1, 0.15) is 21.9 Å². The van der Waals surface area contributed by atoms with E-state index < -0.39 is 16.1 Å². The average Bonchev–Trinajstić information content (AvgIpc) is 3.03. The highest BCUT2D eigenvalue weighted by Gasteiger charge is 2.27. The first-order valence-electron chi connectivity index (χ1n) is 6.66. The number of fused-ring (bicyclic) bond motifs is 1. The van der Waals surface area contributed by atoms with Gasteiger partial charge in [-0.05, 0) is 43.2 Å². The number of nitrogens with two attached hydrogens (primary N) is 1. The molecule has 116 valence electrons. The Morgan fingerprint density at radius 1 is 1.32 bits per heavy atom. The molecule has 7 nitrogen and oxygen atoms in total. The summed E-state index contributed by atoms with van der Waals surface area (Å²) in [7, 11) is -3.81. The molecule has 22 heavy (non-hydrogen) atoms. The van der Waals surface area contributed by atoms with Gasteiger partial charge in [-0.15, -0.1) is 0 Å². The monoisotopic (exact) mass is 321 g/mol. The molecule has 0 radical (unpaired) electrons. The molecule has 8 heteroatoms. The molecule has 3 rings (SSSR count). The molecule has 0 unspecified atom stereocenters. The van der Waals surface area contributed by atoms with E-state index in [-0.39, 0.29) is 5.76 Å². The summed E-state index contributed by atoms with van der Waals surface area (Å²) in [6.07, 6.45) is 0.595. The second-order valence-electron chi connectivity index (χ2n) is 5.07. The molecule has 1 aromatic heterocycles. The number of amides is 1. The van der Waals surface area contributed by atoms with Crippen LogP contribution >= 0.6 is 0 Å². The molecule has 0 atom stereocenters. The molecular formula is C14H15N3O4S. The summed E-state index contributed by atoms with van der Waals surface area (Å²) in [4.78, 5) is 12.0. The highest BCUT2D eigenvalue weighted by Crippen LogP contribution is 2.32. The Hall–Kier alpha value is -2.32. The van der Waals surface area contributed by atoms with Gasteiger partial charge in [-0.1, -0.05) is 6.07 Å². The molecule has 2 heterocycles. The lowest BCUT2D eigenvalue weighted by Crippen LogP contribution is -2.35. The average molecular weight is 321 g/mol. The first kappa shape index (κ1) is 14.6. The zero-order valence-corrected chi connectivity index (χ0v) is 12.7. The summed E-state index contributed by atoms with van der Waals surface area (Å²) in [5.41, 5.74) is 1.85. The van der Waals surface area contributed by atoms with Crippen molar-refractivity contribution in [2.24, 2.45) is 5.14 Å². The third-order valence-corrected chi connectivity index (χ3v) is 4.46. The lowest BCUT2D eigenvalue weighted by Gasteiger charge is -2.16. The minimum atomic E-state index is -3.81. The zero-order chi connectivity index (χ0) is 15.9. The minimum absolute atomic E-state index is 0.196. The zero-order valence-electron chi connectivity index (χ0n) is 11.9. The Labute approximate surface area is 127 Å². The van der Waals surface area contributed by atoms with Crippen molar-refractivity contribution in [1.82, 2.24) is 0 Å². The summed E-state index contributed by atoms with van der Waals surface area (Å²) >= 11 is 0. The standard InChI is InChI=1S/C14H15N3O4S/c1-9-2-5-13(21-9)14(18)16-11-4-3-10-6-7-17(12(10)8-11)22(15,19)20/h2-5,8H,6-7H2,1H3,(H,16,18)(H2,15,19,20). The number of hydrogen-bond acceptors (Lipinski definition) is 4. The summed E-state index contributed by atoms with van der Waals surface area (Å²) in [6.45, 7) is 2.05. The Morgan fingerprint density at radius 2 is 2.09 bits per heavy atom. The second-order valence-corrected chi connectivity index (χ2v) is 6.55. The highest BCUT2D eigenvalue weighted by molar-refractivity contribution is 7.90. The maximum Gasteiger partial charge on any atom is 0.299 e. The Balaban J connectivity index is 1.86. The molecule has 2 aromatic rings. The number of rotatable bonds is 3. The van der Waals surface area contributed by atoms with Gasteiger partial charge >= 0.3 is 0 Å². The summed E-state index contributed by atoms with van der Waals surface area (Å²) in [5, 5.41) is 7.87. The van der Waals surface area contributed by atoms with Crippen LogP contribution in [0.3, 0.4) is 0 Å². The van der Waals surface area contributed by atoms with E-state index in [1.165, 1.54) is 0 Å². The number of anilines is 2. The third kappa shape index (κ3) is 2.70. The van der Waals surface area contributed by atoms with E-state index in [0.717, 1.165) is 9.87 Å². The van der Waals surface area contributed by atoms with Crippen molar-refractivity contribution in [1.29, 1.82) is 0 Å². The fraction of sp³-hybridized carbons (Fsp3) is 0.214. The predicted molar refractivity (Wildman–Crippen MR) is 82.0 cm³/mol. The molecular weight excluding hydrogens is 306 g/mol. The van der Waals surface area contributed by atoms with E-state index in [1.54, 1.807) is 37.3 Å². The lowest BCUT2D eigenvalue weighted by molar-refractivity contribution is 0.0995. The Morgan fingerprint density at radius 3 is 2.73 bits per heavy atom. The largest absolute Gasteiger partial charge is 0.456 e. The molecule has 0 fully saturated rings. The molecule has 3 N–H and O–H groups in total. The smallest absolute Gasteiger partial charge is 0.299 e. The van der Waals surface area contributed by atoms with Crippen LogP contribution in [-0.4, -0.2) is 20.9 Å². The molecule has 1 aliphatic heterocycles. The molecule has 0 aliphatic carbocycles. The van der Waals surface area contributed by atoms with Crippen LogP contribution in [0.4, 0.5) is 11.4 Å². The van der Waals surface area contributed by atoms with Crippen molar-refractivity contribution < 1.29 is 17.6 Å². The van der Waals surface area contributed by atoms with E-state index in [2.05, 4.69) is 5.32 Å². The van der Waals surface area contributed by atoms with Gasteiger partial charge in [0.2, 0.25) is 0 Å². The fourth-order valence-electron chi connectivity index (χ4n) is 2.44. The molecule has 1 amide bonds. The maximum atomic E-state index is 12.0. The molecule has 0 saturated heterocycles. The van der Waals surface area contributed by atoms with E-state index in [1.807, 2.05) is 0 Å². The maximum absolute atomic E-state index is 12.0. The summed E-state index contributed by atoms with van der Waals surface area (Å²) < 4.78 is 29.5. The van der Waals surface area contributed by atoms with Crippen molar-refractivity contribution >= 4 is 27.5 Å². The van der Waals surface area contributed by atoms with Gasteiger partial charge in [-0.25, -0.2) is 5.14 Å². The van der Waals surface area contributed by atoms with Crippen LogP contribution in [0.5, 0.6) is 0 Å². The summed E-state index contributed by atoms with van der Waals surface area (Å²) in [6, 6.07) is 8.37. The van der Waals surface area contributed by atoms with E-state index in [0.29, 0.717) is 30.1 Å². The molecule has 0 saturated carbocycles. The van der Waals surface area contributed by atoms with Crippen molar-refractivity contribution in [3.05, 3.63) is 47.4 Å². The van der Waals surface area contributed by atoms with Gasteiger partial charge < -0.3 is 9.73 Å². The number of furan rings is 1.